The number of benzene rings is 1. The molecule has 1 aromatic carbocycles. The Bertz CT molecular complexity index is 1110. The van der Waals surface area contributed by atoms with Crippen LogP contribution in [0.4, 0.5) is 11.5 Å². The van der Waals surface area contributed by atoms with Gasteiger partial charge in [-0.1, -0.05) is 17.7 Å². The maximum absolute atomic E-state index is 12.9. The molecule has 9 heteroatoms. The molecular formula is C23H31ClN6O2. The van der Waals surface area contributed by atoms with Crippen LogP contribution in [0.1, 0.15) is 36.3 Å². The van der Waals surface area contributed by atoms with Gasteiger partial charge in [-0.05, 0) is 65.5 Å². The minimum absolute atomic E-state index is 0.0232. The first-order valence-electron chi connectivity index (χ1n) is 10.6. The first-order valence-corrected chi connectivity index (χ1v) is 11.0. The fourth-order valence-corrected chi connectivity index (χ4v) is 3.82. The van der Waals surface area contributed by atoms with E-state index in [1.807, 2.05) is 53.1 Å². The third-order valence-corrected chi connectivity index (χ3v) is 5.30. The van der Waals surface area contributed by atoms with Crippen molar-refractivity contribution in [2.75, 3.05) is 32.5 Å². The number of ether oxygens (including phenoxy) is 1. The molecule has 2 heterocycles. The predicted octanol–water partition coefficient (Wildman–Crippen LogP) is 4.14. The van der Waals surface area contributed by atoms with Crippen LogP contribution < -0.4 is 15.4 Å². The third-order valence-electron chi connectivity index (χ3n) is 4.94. The molecule has 3 rings (SSSR count). The molecule has 32 heavy (non-hydrogen) atoms. The monoisotopic (exact) mass is 458 g/mol. The molecule has 0 aliphatic heterocycles. The molecule has 0 atom stereocenters. The molecule has 0 spiro atoms. The van der Waals surface area contributed by atoms with E-state index in [4.69, 9.17) is 16.3 Å². The molecule has 0 radical (unpaired) electrons. The average molecular weight is 459 g/mol. The Morgan fingerprint density at radius 2 is 2.03 bits per heavy atom. The molecule has 8 nitrogen and oxygen atoms in total. The third kappa shape index (κ3) is 5.31. The van der Waals surface area contributed by atoms with E-state index in [2.05, 4.69) is 25.5 Å². The van der Waals surface area contributed by atoms with Crippen molar-refractivity contribution in [3.05, 3.63) is 40.8 Å². The van der Waals surface area contributed by atoms with Crippen molar-refractivity contribution in [2.24, 2.45) is 7.05 Å². The molecule has 0 aliphatic rings. The van der Waals surface area contributed by atoms with Crippen LogP contribution in [-0.2, 0) is 7.05 Å². The van der Waals surface area contributed by atoms with E-state index in [0.717, 1.165) is 30.0 Å². The van der Waals surface area contributed by atoms with Crippen LogP contribution in [0.15, 0.2) is 24.5 Å². The number of carbonyl (C=O) groups excluding carboxylic acids is 1. The van der Waals surface area contributed by atoms with Gasteiger partial charge in [0, 0.05) is 13.6 Å². The van der Waals surface area contributed by atoms with Crippen molar-refractivity contribution >= 4 is 40.0 Å². The second kappa shape index (κ2) is 10.2. The lowest BCUT2D eigenvalue weighted by molar-refractivity contribution is 0.0945. The number of hydrogen-bond donors (Lipinski definition) is 2. The molecule has 0 fully saturated rings. The maximum Gasteiger partial charge on any atom is 0.269 e. The molecule has 0 bridgehead atoms. The number of fused-ring (bicyclic) bond motifs is 1. The zero-order valence-electron chi connectivity index (χ0n) is 19.5. The minimum atomic E-state index is -0.237. The van der Waals surface area contributed by atoms with E-state index in [9.17, 15) is 4.79 Å². The summed E-state index contributed by atoms with van der Waals surface area (Å²) >= 11 is 6.58. The first kappa shape index (κ1) is 23.8. The van der Waals surface area contributed by atoms with Gasteiger partial charge in [-0.15, -0.1) is 0 Å². The summed E-state index contributed by atoms with van der Waals surface area (Å²) in [4.78, 5) is 23.7. The van der Waals surface area contributed by atoms with E-state index in [1.165, 1.54) is 6.33 Å². The quantitative estimate of drug-likeness (QED) is 0.469. The normalized spacial score (nSPS) is 11.4. The number of aromatic nitrogens is 3. The molecule has 2 N–H and O–H groups in total. The second-order valence-corrected chi connectivity index (χ2v) is 8.72. The summed E-state index contributed by atoms with van der Waals surface area (Å²) in [5, 5.41) is 6.59. The minimum Gasteiger partial charge on any atom is -0.489 e. The summed E-state index contributed by atoms with van der Waals surface area (Å²) in [6, 6.07) is 5.92. The highest BCUT2D eigenvalue weighted by Gasteiger charge is 2.23. The predicted molar refractivity (Wildman–Crippen MR) is 129 cm³/mol. The van der Waals surface area contributed by atoms with E-state index in [0.29, 0.717) is 34.1 Å². The van der Waals surface area contributed by atoms with Crippen molar-refractivity contribution in [3.8, 4) is 5.75 Å². The summed E-state index contributed by atoms with van der Waals surface area (Å²) in [5.74, 6) is 1.04. The Morgan fingerprint density at radius 1 is 1.28 bits per heavy atom. The van der Waals surface area contributed by atoms with Crippen molar-refractivity contribution in [3.63, 3.8) is 0 Å². The number of nitrogens with zero attached hydrogens (tertiary/aromatic N) is 4. The molecule has 3 aromatic rings. The Labute approximate surface area is 193 Å². The van der Waals surface area contributed by atoms with Crippen LogP contribution in [0, 0.1) is 6.92 Å². The lowest BCUT2D eigenvalue weighted by atomic mass is 10.2. The van der Waals surface area contributed by atoms with E-state index < -0.39 is 0 Å². The Balaban J connectivity index is 1.94. The molecule has 0 saturated carbocycles. The van der Waals surface area contributed by atoms with Crippen LogP contribution in [0.2, 0.25) is 5.02 Å². The van der Waals surface area contributed by atoms with Gasteiger partial charge >= 0.3 is 0 Å². The number of amides is 1. The summed E-state index contributed by atoms with van der Waals surface area (Å²) < 4.78 is 7.71. The number of hydrogen-bond acceptors (Lipinski definition) is 6. The van der Waals surface area contributed by atoms with Gasteiger partial charge in [0.05, 0.1) is 16.8 Å². The van der Waals surface area contributed by atoms with Crippen LogP contribution in [-0.4, -0.2) is 58.6 Å². The highest BCUT2D eigenvalue weighted by atomic mass is 35.5. The summed E-state index contributed by atoms with van der Waals surface area (Å²) in [7, 11) is 5.79. The molecule has 0 unspecified atom stereocenters. The lowest BCUT2D eigenvalue weighted by Gasteiger charge is -2.16. The van der Waals surface area contributed by atoms with Gasteiger partial charge in [0.25, 0.3) is 5.91 Å². The molecule has 0 saturated heterocycles. The van der Waals surface area contributed by atoms with Crippen molar-refractivity contribution in [1.82, 2.24) is 24.8 Å². The first-order chi connectivity index (χ1) is 15.2. The van der Waals surface area contributed by atoms with E-state index >= 15 is 0 Å². The van der Waals surface area contributed by atoms with Gasteiger partial charge in [0.1, 0.15) is 28.8 Å². The molecule has 1 amide bonds. The number of rotatable bonds is 9. The van der Waals surface area contributed by atoms with Gasteiger partial charge in [-0.2, -0.15) is 0 Å². The average Bonchev–Trinajstić information content (AvgIpc) is 2.98. The number of halogens is 1. The second-order valence-electron chi connectivity index (χ2n) is 8.35. The van der Waals surface area contributed by atoms with E-state index in [-0.39, 0.29) is 12.0 Å². The van der Waals surface area contributed by atoms with Gasteiger partial charge in [-0.3, -0.25) is 4.79 Å². The van der Waals surface area contributed by atoms with Crippen molar-refractivity contribution < 1.29 is 9.53 Å². The van der Waals surface area contributed by atoms with Gasteiger partial charge in [0.15, 0.2) is 5.82 Å². The van der Waals surface area contributed by atoms with Crippen molar-refractivity contribution in [1.29, 1.82) is 0 Å². The van der Waals surface area contributed by atoms with E-state index in [1.54, 1.807) is 11.6 Å². The van der Waals surface area contributed by atoms with Crippen LogP contribution in [0.3, 0.4) is 0 Å². The summed E-state index contributed by atoms with van der Waals surface area (Å²) in [6.45, 7) is 7.43. The van der Waals surface area contributed by atoms with Gasteiger partial charge in [0.2, 0.25) is 0 Å². The highest BCUT2D eigenvalue weighted by molar-refractivity contribution is 6.38. The Morgan fingerprint density at radius 3 is 2.72 bits per heavy atom. The Kier molecular flexibility index (Phi) is 7.58. The number of aryl methyl sites for hydroxylation is 2. The zero-order valence-corrected chi connectivity index (χ0v) is 20.2. The lowest BCUT2D eigenvalue weighted by Crippen LogP contribution is -2.28. The number of carbonyl (C=O) groups is 1. The van der Waals surface area contributed by atoms with Crippen LogP contribution >= 0.6 is 11.6 Å². The molecule has 2 aromatic heterocycles. The number of anilines is 2. The molecule has 172 valence electrons. The Hall–Kier alpha value is -2.84. The molecular weight excluding hydrogens is 428 g/mol. The van der Waals surface area contributed by atoms with Gasteiger partial charge < -0.3 is 24.8 Å². The van der Waals surface area contributed by atoms with Crippen molar-refractivity contribution in [2.45, 2.75) is 33.3 Å². The SMILES string of the molecule is Cc1ccc(Nc2ncnc3c(Cl)c(C(=O)NCCCN(C)C)n(C)c23)c(OC(C)C)c1. The fraction of sp³-hybridized carbons (Fsp3) is 0.435. The highest BCUT2D eigenvalue weighted by Crippen LogP contribution is 2.35. The zero-order chi connectivity index (χ0) is 23.4. The fourth-order valence-electron chi connectivity index (χ4n) is 3.46. The largest absolute Gasteiger partial charge is 0.489 e. The maximum atomic E-state index is 12.9. The molecule has 0 aliphatic carbocycles. The van der Waals surface area contributed by atoms with Crippen LogP contribution in [0.5, 0.6) is 5.75 Å². The summed E-state index contributed by atoms with van der Waals surface area (Å²) in [6.07, 6.45) is 2.31. The topological polar surface area (TPSA) is 84.3 Å². The number of nitrogens with one attached hydrogen (secondary N) is 2. The smallest absolute Gasteiger partial charge is 0.269 e. The summed E-state index contributed by atoms with van der Waals surface area (Å²) in [5.41, 5.74) is 3.39. The standard InChI is InChI=1S/C23H31ClN6O2/c1-14(2)32-17-12-15(3)8-9-16(17)28-22-21-19(26-13-27-22)18(24)20(30(21)6)23(31)25-10-7-11-29(4)5/h8-9,12-14H,7,10-11H2,1-6H3,(H,25,31)(H,26,27,28). The van der Waals surface area contributed by atoms with Crippen LogP contribution in [0.25, 0.3) is 11.0 Å². The van der Waals surface area contributed by atoms with Gasteiger partial charge in [-0.25, -0.2) is 9.97 Å².